The van der Waals surface area contributed by atoms with Crippen LogP contribution in [0.3, 0.4) is 0 Å². The van der Waals surface area contributed by atoms with Gasteiger partial charge in [0.25, 0.3) is 0 Å². The molecule has 0 aromatic heterocycles. The molecular formula is C16H23Cl2N3O2. The highest BCUT2D eigenvalue weighted by Crippen LogP contribution is 2.26. The maximum absolute atomic E-state index is 12.2. The van der Waals surface area contributed by atoms with Gasteiger partial charge < -0.3 is 5.32 Å². The van der Waals surface area contributed by atoms with Crippen LogP contribution in [0, 0.1) is 0 Å². The minimum Gasteiger partial charge on any atom is -0.333 e. The summed E-state index contributed by atoms with van der Waals surface area (Å²) in [6.07, 6.45) is 0. The molecular weight excluding hydrogens is 337 g/mol. The monoisotopic (exact) mass is 359 g/mol. The van der Waals surface area contributed by atoms with E-state index < -0.39 is 17.6 Å². The number of likely N-dealkylation sites (N-methyl/N-ethyl adjacent to an activating group) is 1. The number of carbonyl (C=O) groups is 2. The van der Waals surface area contributed by atoms with E-state index in [2.05, 4.69) is 10.6 Å². The van der Waals surface area contributed by atoms with Gasteiger partial charge in [-0.2, -0.15) is 0 Å². The number of rotatable bonds is 4. The average molecular weight is 360 g/mol. The maximum Gasteiger partial charge on any atom is 0.321 e. The molecule has 1 aromatic carbocycles. The highest BCUT2D eigenvalue weighted by atomic mass is 35.5. The second-order valence-corrected chi connectivity index (χ2v) is 7.28. The van der Waals surface area contributed by atoms with Gasteiger partial charge in [-0.1, -0.05) is 35.3 Å². The Hall–Kier alpha value is -1.30. The Morgan fingerprint density at radius 3 is 2.43 bits per heavy atom. The van der Waals surface area contributed by atoms with E-state index >= 15 is 0 Å². The summed E-state index contributed by atoms with van der Waals surface area (Å²) in [6, 6.07) is 4.35. The van der Waals surface area contributed by atoms with Gasteiger partial charge in [0.15, 0.2) is 0 Å². The number of urea groups is 1. The van der Waals surface area contributed by atoms with Crippen LogP contribution < -0.4 is 10.6 Å². The Kier molecular flexibility index (Phi) is 6.86. The maximum atomic E-state index is 12.2. The number of hydrogen-bond donors (Lipinski definition) is 2. The summed E-state index contributed by atoms with van der Waals surface area (Å²) >= 11 is 12.1. The summed E-state index contributed by atoms with van der Waals surface area (Å²) in [4.78, 5) is 25.7. The molecule has 0 saturated heterocycles. The standard InChI is InChI=1S/C16H23Cl2N3O2/c1-10(14(22)19-15(23)20-16(2,3)4)21(5)9-11-7-6-8-12(17)13(11)18/h6-8,10H,9H2,1-5H3,(H2,19,20,22,23). The number of nitrogens with one attached hydrogen (secondary N) is 2. The van der Waals surface area contributed by atoms with E-state index in [0.29, 0.717) is 16.6 Å². The minimum absolute atomic E-state index is 0.382. The third kappa shape index (κ3) is 6.37. The lowest BCUT2D eigenvalue weighted by molar-refractivity contribution is -0.124. The van der Waals surface area contributed by atoms with Crippen LogP contribution in [0.25, 0.3) is 0 Å². The van der Waals surface area contributed by atoms with Crippen molar-refractivity contribution in [3.8, 4) is 0 Å². The molecule has 128 valence electrons. The van der Waals surface area contributed by atoms with Crippen LogP contribution in [0.2, 0.25) is 10.0 Å². The van der Waals surface area contributed by atoms with Gasteiger partial charge in [-0.3, -0.25) is 15.0 Å². The van der Waals surface area contributed by atoms with Crippen LogP contribution in [-0.2, 0) is 11.3 Å². The first-order valence-corrected chi connectivity index (χ1v) is 8.03. The van der Waals surface area contributed by atoms with E-state index in [4.69, 9.17) is 23.2 Å². The lowest BCUT2D eigenvalue weighted by atomic mass is 10.1. The van der Waals surface area contributed by atoms with Crippen LogP contribution in [0.5, 0.6) is 0 Å². The van der Waals surface area contributed by atoms with Crippen LogP contribution >= 0.6 is 23.2 Å². The first kappa shape index (κ1) is 19.7. The van der Waals surface area contributed by atoms with E-state index in [1.165, 1.54) is 0 Å². The lowest BCUT2D eigenvalue weighted by Crippen LogP contribution is -2.52. The van der Waals surface area contributed by atoms with Gasteiger partial charge in [0.2, 0.25) is 5.91 Å². The molecule has 0 heterocycles. The van der Waals surface area contributed by atoms with Gasteiger partial charge in [-0.25, -0.2) is 4.79 Å². The molecule has 0 bridgehead atoms. The Morgan fingerprint density at radius 2 is 1.87 bits per heavy atom. The van der Waals surface area contributed by atoms with Crippen molar-refractivity contribution in [2.24, 2.45) is 0 Å². The Balaban J connectivity index is 2.65. The third-order valence-electron chi connectivity index (χ3n) is 3.22. The predicted molar refractivity (Wildman–Crippen MR) is 93.8 cm³/mol. The fraction of sp³-hybridized carbons (Fsp3) is 0.500. The van der Waals surface area contributed by atoms with Gasteiger partial charge in [0.05, 0.1) is 16.1 Å². The van der Waals surface area contributed by atoms with Crippen molar-refractivity contribution in [2.45, 2.75) is 45.8 Å². The fourth-order valence-corrected chi connectivity index (χ4v) is 2.24. The van der Waals surface area contributed by atoms with E-state index in [1.807, 2.05) is 26.8 Å². The second-order valence-electron chi connectivity index (χ2n) is 6.50. The Bertz CT molecular complexity index is 585. The number of nitrogens with zero attached hydrogens (tertiary/aromatic N) is 1. The number of benzene rings is 1. The van der Waals surface area contributed by atoms with Gasteiger partial charge in [-0.15, -0.1) is 0 Å². The average Bonchev–Trinajstić information content (AvgIpc) is 2.40. The number of amides is 3. The minimum atomic E-state index is -0.511. The quantitative estimate of drug-likeness (QED) is 0.865. The van der Waals surface area contributed by atoms with Crippen molar-refractivity contribution in [1.82, 2.24) is 15.5 Å². The smallest absolute Gasteiger partial charge is 0.321 e. The molecule has 1 rings (SSSR count). The molecule has 3 amide bonds. The molecule has 1 unspecified atom stereocenters. The van der Waals surface area contributed by atoms with Gasteiger partial charge in [0.1, 0.15) is 0 Å². The summed E-state index contributed by atoms with van der Waals surface area (Å²) in [5.41, 5.74) is 0.411. The van der Waals surface area contributed by atoms with Crippen molar-refractivity contribution in [3.05, 3.63) is 33.8 Å². The SMILES string of the molecule is CC(C(=O)NC(=O)NC(C)(C)C)N(C)Cc1cccc(Cl)c1Cl. The van der Waals surface area contributed by atoms with Gasteiger partial charge in [0, 0.05) is 12.1 Å². The summed E-state index contributed by atoms with van der Waals surface area (Å²) in [5.74, 6) is -0.382. The normalized spacial score (nSPS) is 12.9. The van der Waals surface area contributed by atoms with Crippen molar-refractivity contribution in [2.75, 3.05) is 7.05 Å². The predicted octanol–water partition coefficient (Wildman–Crippen LogP) is 3.44. The van der Waals surface area contributed by atoms with Crippen LogP contribution in [0.15, 0.2) is 18.2 Å². The first-order chi connectivity index (χ1) is 10.5. The highest BCUT2D eigenvalue weighted by molar-refractivity contribution is 6.42. The second kappa shape index (κ2) is 7.99. The molecule has 0 saturated carbocycles. The van der Waals surface area contributed by atoms with E-state index in [0.717, 1.165) is 5.56 Å². The van der Waals surface area contributed by atoms with E-state index in [9.17, 15) is 9.59 Å². The summed E-state index contributed by atoms with van der Waals surface area (Å²) in [6.45, 7) is 7.68. The van der Waals surface area contributed by atoms with E-state index in [-0.39, 0.29) is 5.91 Å². The number of carbonyl (C=O) groups excluding carboxylic acids is 2. The van der Waals surface area contributed by atoms with Gasteiger partial charge in [-0.05, 0) is 46.4 Å². The molecule has 5 nitrogen and oxygen atoms in total. The highest BCUT2D eigenvalue weighted by Gasteiger charge is 2.22. The summed E-state index contributed by atoms with van der Waals surface area (Å²) in [5, 5.41) is 5.96. The fourth-order valence-electron chi connectivity index (χ4n) is 1.86. The lowest BCUT2D eigenvalue weighted by Gasteiger charge is -2.25. The van der Waals surface area contributed by atoms with Crippen LogP contribution in [0.1, 0.15) is 33.3 Å². The summed E-state index contributed by atoms with van der Waals surface area (Å²) in [7, 11) is 1.78. The Morgan fingerprint density at radius 1 is 1.26 bits per heavy atom. The zero-order valence-corrected chi connectivity index (χ0v) is 15.5. The third-order valence-corrected chi connectivity index (χ3v) is 4.08. The van der Waals surface area contributed by atoms with Crippen molar-refractivity contribution < 1.29 is 9.59 Å². The van der Waals surface area contributed by atoms with Crippen LogP contribution in [0.4, 0.5) is 4.79 Å². The zero-order valence-electron chi connectivity index (χ0n) is 14.0. The molecule has 1 aromatic rings. The zero-order chi connectivity index (χ0) is 17.8. The number of halogens is 2. The van der Waals surface area contributed by atoms with E-state index in [1.54, 1.807) is 31.0 Å². The molecule has 0 aliphatic rings. The molecule has 2 N–H and O–H groups in total. The summed E-state index contributed by atoms with van der Waals surface area (Å²) < 4.78 is 0. The molecule has 0 fully saturated rings. The Labute approximate surface area is 147 Å². The molecule has 1 atom stereocenters. The first-order valence-electron chi connectivity index (χ1n) is 7.27. The number of hydrogen-bond acceptors (Lipinski definition) is 3. The molecule has 0 radical (unpaired) electrons. The van der Waals surface area contributed by atoms with Crippen molar-refractivity contribution in [1.29, 1.82) is 0 Å². The molecule has 7 heteroatoms. The largest absolute Gasteiger partial charge is 0.333 e. The van der Waals surface area contributed by atoms with Gasteiger partial charge >= 0.3 is 6.03 Å². The molecule has 23 heavy (non-hydrogen) atoms. The molecule has 0 aliphatic carbocycles. The van der Waals surface area contributed by atoms with Crippen molar-refractivity contribution >= 4 is 35.1 Å². The molecule has 0 aliphatic heterocycles. The van der Waals surface area contributed by atoms with Crippen LogP contribution in [-0.4, -0.2) is 35.5 Å². The van der Waals surface area contributed by atoms with Crippen molar-refractivity contribution in [3.63, 3.8) is 0 Å². The molecule has 0 spiro atoms. The number of imide groups is 1. The topological polar surface area (TPSA) is 61.4 Å².